The zero-order chi connectivity index (χ0) is 20.6. The van der Waals surface area contributed by atoms with Crippen LogP contribution < -0.4 is 9.47 Å². The normalized spacial score (nSPS) is 18.2. The maximum Gasteiger partial charge on any atom is 0.307 e. The molecule has 6 heteroatoms. The number of pyridine rings is 1. The largest absolute Gasteiger partial charge is 0.490 e. The molecule has 2 heterocycles. The van der Waals surface area contributed by atoms with Gasteiger partial charge in [0, 0.05) is 30.9 Å². The van der Waals surface area contributed by atoms with E-state index in [4.69, 9.17) is 9.47 Å². The maximum atomic E-state index is 11.6. The Bertz CT molecular complexity index is 797. The highest BCUT2D eigenvalue weighted by atomic mass is 16.5. The third-order valence-corrected chi connectivity index (χ3v) is 5.32. The van der Waals surface area contributed by atoms with Crippen molar-refractivity contribution < 1.29 is 19.4 Å². The molecule has 0 amide bonds. The summed E-state index contributed by atoms with van der Waals surface area (Å²) in [6, 6.07) is 12.0. The molecule has 2 atom stereocenters. The van der Waals surface area contributed by atoms with Gasteiger partial charge in [0.1, 0.15) is 0 Å². The van der Waals surface area contributed by atoms with Gasteiger partial charge in [-0.2, -0.15) is 0 Å². The van der Waals surface area contributed by atoms with Crippen LogP contribution in [0.5, 0.6) is 11.5 Å². The zero-order valence-corrected chi connectivity index (χ0v) is 17.2. The van der Waals surface area contributed by atoms with Crippen molar-refractivity contribution in [2.24, 2.45) is 5.92 Å². The molecule has 6 nitrogen and oxygen atoms in total. The number of hydrogen-bond acceptors (Lipinski definition) is 5. The fraction of sp³-hybridized carbons (Fsp3) is 0.478. The van der Waals surface area contributed by atoms with E-state index in [1.165, 1.54) is 0 Å². The second-order valence-corrected chi connectivity index (χ2v) is 7.29. The van der Waals surface area contributed by atoms with Crippen LogP contribution in [-0.2, 0) is 11.2 Å². The van der Waals surface area contributed by atoms with E-state index in [2.05, 4.69) is 16.0 Å². The quantitative estimate of drug-likeness (QED) is 0.689. The first-order valence-corrected chi connectivity index (χ1v) is 10.4. The van der Waals surface area contributed by atoms with Gasteiger partial charge in [-0.3, -0.25) is 14.7 Å². The number of ether oxygens (including phenoxy) is 2. The number of likely N-dealkylation sites (tertiary alicyclic amines) is 1. The van der Waals surface area contributed by atoms with Crippen molar-refractivity contribution in [3.05, 3.63) is 53.9 Å². The number of carboxylic acids is 1. The topological polar surface area (TPSA) is 71.9 Å². The predicted octanol–water partition coefficient (Wildman–Crippen LogP) is 3.96. The molecule has 0 saturated carbocycles. The highest BCUT2D eigenvalue weighted by Gasteiger charge is 2.31. The van der Waals surface area contributed by atoms with Crippen LogP contribution in [0.1, 0.15) is 44.0 Å². The molecule has 2 unspecified atom stereocenters. The molecule has 3 rings (SSSR count). The summed E-state index contributed by atoms with van der Waals surface area (Å²) in [6.07, 6.45) is 4.12. The van der Waals surface area contributed by atoms with Crippen molar-refractivity contribution in [1.29, 1.82) is 0 Å². The number of aliphatic carboxylic acids is 1. The van der Waals surface area contributed by atoms with Crippen molar-refractivity contribution in [3.63, 3.8) is 0 Å². The summed E-state index contributed by atoms with van der Waals surface area (Å²) in [5, 5.41) is 9.53. The molecule has 1 aliphatic rings. The number of aromatic nitrogens is 1. The van der Waals surface area contributed by atoms with Crippen LogP contribution in [0, 0.1) is 5.92 Å². The Balaban J connectivity index is 1.93. The van der Waals surface area contributed by atoms with Crippen LogP contribution >= 0.6 is 0 Å². The van der Waals surface area contributed by atoms with Gasteiger partial charge in [0.2, 0.25) is 0 Å². The molecular formula is C23H30N2O4. The van der Waals surface area contributed by atoms with E-state index >= 15 is 0 Å². The van der Waals surface area contributed by atoms with Gasteiger partial charge < -0.3 is 14.6 Å². The molecule has 1 aromatic heterocycles. The third-order valence-electron chi connectivity index (χ3n) is 5.32. The second kappa shape index (κ2) is 10.3. The van der Waals surface area contributed by atoms with Gasteiger partial charge in [0.05, 0.1) is 19.1 Å². The molecular weight excluding hydrogens is 368 g/mol. The Hall–Kier alpha value is -2.60. The van der Waals surface area contributed by atoms with Crippen molar-refractivity contribution in [2.45, 2.75) is 39.2 Å². The highest BCUT2D eigenvalue weighted by Crippen LogP contribution is 2.35. The first-order valence-electron chi connectivity index (χ1n) is 10.4. The van der Waals surface area contributed by atoms with Gasteiger partial charge in [0.25, 0.3) is 0 Å². The van der Waals surface area contributed by atoms with Crippen LogP contribution in [0.2, 0.25) is 0 Å². The van der Waals surface area contributed by atoms with Gasteiger partial charge >= 0.3 is 5.97 Å². The summed E-state index contributed by atoms with van der Waals surface area (Å²) >= 11 is 0. The molecule has 1 N–H and O–H groups in total. The lowest BCUT2D eigenvalue weighted by Gasteiger charge is -2.37. The second-order valence-electron chi connectivity index (χ2n) is 7.29. The van der Waals surface area contributed by atoms with Crippen molar-refractivity contribution >= 4 is 5.97 Å². The fourth-order valence-electron chi connectivity index (χ4n) is 3.94. The summed E-state index contributed by atoms with van der Waals surface area (Å²) in [5.74, 6) is 0.415. The van der Waals surface area contributed by atoms with E-state index < -0.39 is 5.97 Å². The van der Waals surface area contributed by atoms with Gasteiger partial charge in [-0.25, -0.2) is 0 Å². The fourth-order valence-corrected chi connectivity index (χ4v) is 3.94. The molecule has 0 aliphatic carbocycles. The number of benzene rings is 1. The molecule has 1 saturated heterocycles. The van der Waals surface area contributed by atoms with E-state index in [9.17, 15) is 9.90 Å². The van der Waals surface area contributed by atoms with Crippen LogP contribution in [-0.4, -0.2) is 47.3 Å². The zero-order valence-electron chi connectivity index (χ0n) is 17.2. The van der Waals surface area contributed by atoms with Crippen molar-refractivity contribution in [2.75, 3.05) is 26.3 Å². The lowest BCUT2D eigenvalue weighted by Crippen LogP contribution is -2.41. The average Bonchev–Trinajstić information content (AvgIpc) is 2.74. The molecule has 1 aliphatic heterocycles. The van der Waals surface area contributed by atoms with E-state index in [-0.39, 0.29) is 12.0 Å². The molecule has 1 aromatic carbocycles. The Morgan fingerprint density at radius 3 is 2.69 bits per heavy atom. The summed E-state index contributed by atoms with van der Waals surface area (Å²) in [6.45, 7) is 6.45. The van der Waals surface area contributed by atoms with Crippen LogP contribution in [0.15, 0.2) is 42.6 Å². The number of nitrogens with zero attached hydrogens (tertiary/aromatic N) is 2. The number of rotatable bonds is 9. The minimum atomic E-state index is -0.715. The van der Waals surface area contributed by atoms with E-state index in [0.717, 1.165) is 42.1 Å². The maximum absolute atomic E-state index is 11.6. The minimum Gasteiger partial charge on any atom is -0.490 e. The lowest BCUT2D eigenvalue weighted by molar-refractivity contribution is -0.144. The Morgan fingerprint density at radius 1 is 1.21 bits per heavy atom. The molecule has 156 valence electrons. The molecule has 29 heavy (non-hydrogen) atoms. The Kier molecular flexibility index (Phi) is 7.47. The predicted molar refractivity (Wildman–Crippen MR) is 111 cm³/mol. The Labute approximate surface area is 172 Å². The van der Waals surface area contributed by atoms with Crippen molar-refractivity contribution in [3.8, 4) is 11.5 Å². The van der Waals surface area contributed by atoms with Gasteiger partial charge in [-0.1, -0.05) is 12.1 Å². The average molecular weight is 399 g/mol. The first kappa shape index (κ1) is 21.1. The molecule has 0 radical (unpaired) electrons. The third kappa shape index (κ3) is 5.48. The number of hydrogen-bond donors (Lipinski definition) is 1. The van der Waals surface area contributed by atoms with E-state index in [0.29, 0.717) is 26.2 Å². The van der Waals surface area contributed by atoms with Crippen molar-refractivity contribution in [1.82, 2.24) is 9.88 Å². The minimum absolute atomic E-state index is 0.0296. The first-order chi connectivity index (χ1) is 14.1. The lowest BCUT2D eigenvalue weighted by atomic mass is 9.92. The monoisotopic (exact) mass is 398 g/mol. The summed E-state index contributed by atoms with van der Waals surface area (Å²) in [4.78, 5) is 18.4. The molecule has 0 spiro atoms. The van der Waals surface area contributed by atoms with Gasteiger partial charge in [-0.05, 0) is 63.1 Å². The number of carboxylic acid groups (broad SMARTS) is 1. The molecule has 0 bridgehead atoms. The van der Waals surface area contributed by atoms with Gasteiger partial charge in [0.15, 0.2) is 11.5 Å². The SMILES string of the molecule is CCOc1ccc(C(Cc2ccccn2)N2CCCC(C(=O)O)C2)cc1OCC. The van der Waals surface area contributed by atoms with E-state index in [1.54, 1.807) is 6.20 Å². The highest BCUT2D eigenvalue weighted by molar-refractivity contribution is 5.70. The van der Waals surface area contributed by atoms with E-state index in [1.807, 2.05) is 44.2 Å². The van der Waals surface area contributed by atoms with Crippen LogP contribution in [0.25, 0.3) is 0 Å². The summed E-state index contributed by atoms with van der Waals surface area (Å²) in [7, 11) is 0. The summed E-state index contributed by atoms with van der Waals surface area (Å²) in [5.41, 5.74) is 2.08. The summed E-state index contributed by atoms with van der Waals surface area (Å²) < 4.78 is 11.5. The van der Waals surface area contributed by atoms with Gasteiger partial charge in [-0.15, -0.1) is 0 Å². The smallest absolute Gasteiger partial charge is 0.307 e. The standard InChI is InChI=1S/C23H30N2O4/c1-3-28-21-11-10-17(14-22(21)29-4-2)20(15-19-9-5-6-12-24-19)25-13-7-8-18(16-25)23(26)27/h5-6,9-12,14,18,20H,3-4,7-8,13,15-16H2,1-2H3,(H,26,27). The number of carbonyl (C=O) groups is 1. The number of piperidine rings is 1. The Morgan fingerprint density at radius 2 is 2.00 bits per heavy atom. The van der Waals surface area contributed by atoms with Crippen LogP contribution in [0.3, 0.4) is 0 Å². The molecule has 2 aromatic rings. The molecule has 1 fully saturated rings. The van der Waals surface area contributed by atoms with Crippen LogP contribution in [0.4, 0.5) is 0 Å².